The van der Waals surface area contributed by atoms with E-state index in [1.54, 1.807) is 6.92 Å². The Morgan fingerprint density at radius 3 is 2.76 bits per heavy atom. The second-order valence-corrected chi connectivity index (χ2v) is 4.93. The van der Waals surface area contributed by atoms with Crippen molar-refractivity contribution in [2.75, 3.05) is 39.8 Å². The van der Waals surface area contributed by atoms with Crippen molar-refractivity contribution < 1.29 is 4.74 Å². The van der Waals surface area contributed by atoms with Crippen LogP contribution in [0.15, 0.2) is 0 Å². The van der Waals surface area contributed by atoms with Crippen molar-refractivity contribution in [1.29, 1.82) is 5.26 Å². The highest BCUT2D eigenvalue weighted by atomic mass is 16.5. The second kappa shape index (κ2) is 8.46. The summed E-state index contributed by atoms with van der Waals surface area (Å²) in [4.78, 5) is 2.40. The Bertz CT molecular complexity index is 231. The zero-order valence-electron chi connectivity index (χ0n) is 11.1. The summed E-state index contributed by atoms with van der Waals surface area (Å²) >= 11 is 0. The highest BCUT2D eigenvalue weighted by molar-refractivity contribution is 4.79. The lowest BCUT2D eigenvalue weighted by atomic mass is 9.94. The molecule has 1 N–H and O–H groups in total. The molecule has 0 spiro atoms. The summed E-state index contributed by atoms with van der Waals surface area (Å²) in [6.45, 7) is 6.80. The van der Waals surface area contributed by atoms with Crippen molar-refractivity contribution in [1.82, 2.24) is 10.2 Å². The quantitative estimate of drug-likeness (QED) is 0.679. The predicted octanol–water partition coefficient (Wildman–Crippen LogP) is 1.24. The van der Waals surface area contributed by atoms with Crippen LogP contribution in [0, 0.1) is 17.2 Å². The van der Waals surface area contributed by atoms with Crippen molar-refractivity contribution in [3.63, 3.8) is 0 Å². The van der Waals surface area contributed by atoms with Crippen LogP contribution >= 0.6 is 0 Å². The molecule has 0 aliphatic carbocycles. The van der Waals surface area contributed by atoms with Gasteiger partial charge >= 0.3 is 0 Å². The molecule has 4 heteroatoms. The van der Waals surface area contributed by atoms with E-state index in [0.29, 0.717) is 6.61 Å². The van der Waals surface area contributed by atoms with Crippen LogP contribution in [0.5, 0.6) is 0 Å². The van der Waals surface area contributed by atoms with Gasteiger partial charge in [-0.2, -0.15) is 5.26 Å². The Balaban J connectivity index is 1.89. The highest BCUT2D eigenvalue weighted by Gasteiger charge is 2.15. The Morgan fingerprint density at radius 2 is 2.12 bits per heavy atom. The van der Waals surface area contributed by atoms with E-state index in [2.05, 4.69) is 23.3 Å². The number of hydrogen-bond acceptors (Lipinski definition) is 4. The molecule has 0 radical (unpaired) electrons. The van der Waals surface area contributed by atoms with Crippen LogP contribution in [0.2, 0.25) is 0 Å². The Morgan fingerprint density at radius 1 is 1.41 bits per heavy atom. The van der Waals surface area contributed by atoms with E-state index < -0.39 is 0 Å². The molecule has 1 aliphatic rings. The number of rotatable bonds is 7. The fraction of sp³-hybridized carbons (Fsp3) is 0.923. The zero-order valence-corrected chi connectivity index (χ0v) is 11.1. The van der Waals surface area contributed by atoms with Crippen molar-refractivity contribution in [2.24, 2.45) is 5.92 Å². The van der Waals surface area contributed by atoms with Gasteiger partial charge in [-0.15, -0.1) is 0 Å². The molecule has 17 heavy (non-hydrogen) atoms. The number of nitrogens with zero attached hydrogens (tertiary/aromatic N) is 2. The summed E-state index contributed by atoms with van der Waals surface area (Å²) in [6, 6.07) is 2.06. The summed E-state index contributed by atoms with van der Waals surface area (Å²) < 4.78 is 5.27. The molecule has 1 rings (SSSR count). The SMILES string of the molecule is CC(C#N)OCCNCCC1CCN(C)CC1. The van der Waals surface area contributed by atoms with E-state index in [-0.39, 0.29) is 6.10 Å². The van der Waals surface area contributed by atoms with Crippen molar-refractivity contribution in [3.05, 3.63) is 0 Å². The average Bonchev–Trinajstić information content (AvgIpc) is 2.35. The van der Waals surface area contributed by atoms with Gasteiger partial charge in [0, 0.05) is 6.54 Å². The van der Waals surface area contributed by atoms with E-state index in [4.69, 9.17) is 10.00 Å². The third-order valence-corrected chi connectivity index (χ3v) is 3.40. The van der Waals surface area contributed by atoms with Gasteiger partial charge in [-0.05, 0) is 58.8 Å². The van der Waals surface area contributed by atoms with Crippen LogP contribution < -0.4 is 5.32 Å². The van der Waals surface area contributed by atoms with Crippen LogP contribution in [0.1, 0.15) is 26.2 Å². The fourth-order valence-electron chi connectivity index (χ4n) is 2.13. The number of likely N-dealkylation sites (tertiary alicyclic amines) is 1. The van der Waals surface area contributed by atoms with Gasteiger partial charge in [0.25, 0.3) is 0 Å². The van der Waals surface area contributed by atoms with Gasteiger partial charge in [0.2, 0.25) is 0 Å². The number of piperidine rings is 1. The van der Waals surface area contributed by atoms with E-state index in [0.717, 1.165) is 19.0 Å². The molecule has 4 nitrogen and oxygen atoms in total. The normalized spacial score (nSPS) is 20.1. The molecule has 1 heterocycles. The first-order chi connectivity index (χ1) is 8.22. The minimum Gasteiger partial charge on any atom is -0.362 e. The number of ether oxygens (including phenoxy) is 1. The predicted molar refractivity (Wildman–Crippen MR) is 68.7 cm³/mol. The highest BCUT2D eigenvalue weighted by Crippen LogP contribution is 2.18. The van der Waals surface area contributed by atoms with Gasteiger partial charge in [-0.3, -0.25) is 0 Å². The third kappa shape index (κ3) is 6.62. The van der Waals surface area contributed by atoms with Crippen LogP contribution in [0.3, 0.4) is 0 Å². The van der Waals surface area contributed by atoms with Crippen molar-refractivity contribution in [3.8, 4) is 6.07 Å². The molecule has 0 aromatic rings. The van der Waals surface area contributed by atoms with Crippen molar-refractivity contribution >= 4 is 0 Å². The molecule has 1 unspecified atom stereocenters. The lowest BCUT2D eigenvalue weighted by molar-refractivity contribution is 0.104. The molecule has 1 fully saturated rings. The smallest absolute Gasteiger partial charge is 0.141 e. The first-order valence-corrected chi connectivity index (χ1v) is 6.63. The Kier molecular flexibility index (Phi) is 7.18. The molecular formula is C13H25N3O. The van der Waals surface area contributed by atoms with Crippen LogP contribution in [-0.2, 0) is 4.74 Å². The molecule has 98 valence electrons. The minimum atomic E-state index is -0.286. The molecule has 0 aromatic carbocycles. The standard InChI is InChI=1S/C13H25N3O/c1-12(11-14)17-10-7-15-6-3-13-4-8-16(2)9-5-13/h12-13,15H,3-10H2,1-2H3. The number of nitrogens with one attached hydrogen (secondary N) is 1. The summed E-state index contributed by atoms with van der Waals surface area (Å²) in [5, 5.41) is 11.9. The maximum absolute atomic E-state index is 8.53. The Hall–Kier alpha value is -0.630. The molecule has 1 saturated heterocycles. The number of hydrogen-bond donors (Lipinski definition) is 1. The van der Waals surface area contributed by atoms with E-state index in [9.17, 15) is 0 Å². The van der Waals surface area contributed by atoms with Gasteiger partial charge in [0.15, 0.2) is 0 Å². The fourth-order valence-corrected chi connectivity index (χ4v) is 2.13. The molecular weight excluding hydrogens is 214 g/mol. The molecule has 0 aromatic heterocycles. The van der Waals surface area contributed by atoms with Gasteiger partial charge in [0.05, 0.1) is 12.7 Å². The lowest BCUT2D eigenvalue weighted by Gasteiger charge is -2.28. The lowest BCUT2D eigenvalue weighted by Crippen LogP contribution is -2.32. The van der Waals surface area contributed by atoms with Gasteiger partial charge in [-0.25, -0.2) is 0 Å². The van der Waals surface area contributed by atoms with Gasteiger partial charge in [-0.1, -0.05) is 0 Å². The van der Waals surface area contributed by atoms with Crippen LogP contribution in [0.4, 0.5) is 0 Å². The largest absolute Gasteiger partial charge is 0.362 e. The summed E-state index contributed by atoms with van der Waals surface area (Å²) in [5.74, 6) is 0.887. The van der Waals surface area contributed by atoms with Gasteiger partial charge < -0.3 is 15.0 Å². The summed E-state index contributed by atoms with van der Waals surface area (Å²) in [7, 11) is 2.20. The molecule has 1 aliphatic heterocycles. The van der Waals surface area contributed by atoms with Crippen molar-refractivity contribution in [2.45, 2.75) is 32.3 Å². The first-order valence-electron chi connectivity index (χ1n) is 6.63. The van der Waals surface area contributed by atoms with E-state index >= 15 is 0 Å². The topological polar surface area (TPSA) is 48.3 Å². The zero-order chi connectivity index (χ0) is 12.5. The monoisotopic (exact) mass is 239 g/mol. The summed E-state index contributed by atoms with van der Waals surface area (Å²) in [5.41, 5.74) is 0. The van der Waals surface area contributed by atoms with Crippen LogP contribution in [0.25, 0.3) is 0 Å². The maximum atomic E-state index is 8.53. The first kappa shape index (κ1) is 14.4. The number of nitriles is 1. The molecule has 0 bridgehead atoms. The summed E-state index contributed by atoms with van der Waals surface area (Å²) in [6.07, 6.45) is 3.65. The minimum absolute atomic E-state index is 0.286. The third-order valence-electron chi connectivity index (χ3n) is 3.40. The average molecular weight is 239 g/mol. The van der Waals surface area contributed by atoms with Crippen LogP contribution in [-0.4, -0.2) is 50.8 Å². The Labute approximate surface area is 105 Å². The van der Waals surface area contributed by atoms with E-state index in [1.807, 2.05) is 0 Å². The molecule has 1 atom stereocenters. The second-order valence-electron chi connectivity index (χ2n) is 4.93. The molecule has 0 amide bonds. The van der Waals surface area contributed by atoms with Gasteiger partial charge in [0.1, 0.15) is 6.10 Å². The van der Waals surface area contributed by atoms with E-state index in [1.165, 1.54) is 32.4 Å². The molecule has 0 saturated carbocycles. The maximum Gasteiger partial charge on any atom is 0.141 e.